The van der Waals surface area contributed by atoms with Gasteiger partial charge in [0.15, 0.2) is 0 Å². The lowest BCUT2D eigenvalue weighted by Crippen LogP contribution is -2.55. The molecule has 0 saturated carbocycles. The molecule has 3 fully saturated rings. The number of carbonyl (C=O) groups is 2. The highest BCUT2D eigenvalue weighted by Crippen LogP contribution is 2.40. The number of fused-ring (bicyclic) bond motifs is 4. The quantitative estimate of drug-likeness (QED) is 0.692. The van der Waals surface area contributed by atoms with E-state index in [-0.39, 0.29) is 12.1 Å². The Bertz CT molecular complexity index is 966. The first-order valence-corrected chi connectivity index (χ1v) is 11.5. The molecule has 4 aliphatic rings. The van der Waals surface area contributed by atoms with E-state index in [9.17, 15) is 14.7 Å². The van der Waals surface area contributed by atoms with Gasteiger partial charge in [0.05, 0.1) is 0 Å². The second-order valence-electron chi connectivity index (χ2n) is 8.57. The third-order valence-corrected chi connectivity index (χ3v) is 7.96. The van der Waals surface area contributed by atoms with Crippen LogP contribution in [0.4, 0.5) is 0 Å². The third-order valence-electron chi connectivity index (χ3n) is 6.89. The van der Waals surface area contributed by atoms with Crippen LogP contribution in [0.5, 0.6) is 0 Å². The molecule has 2 bridgehead atoms. The fourth-order valence-electron chi connectivity index (χ4n) is 5.19. The SMILES string of the molecule is O=C(O)c1ccc(CNC2(C(=O)O[C@H]3CN4CCC3CC4)CCc3ccccc32)s1. The number of aromatic carboxylic acids is 1. The van der Waals surface area contributed by atoms with Crippen molar-refractivity contribution in [3.8, 4) is 0 Å². The fraction of sp³-hybridized carbons (Fsp3) is 0.478. The van der Waals surface area contributed by atoms with Crippen molar-refractivity contribution in [2.75, 3.05) is 19.6 Å². The van der Waals surface area contributed by atoms with Crippen LogP contribution in [-0.4, -0.2) is 47.7 Å². The Morgan fingerprint density at radius 2 is 2.00 bits per heavy atom. The van der Waals surface area contributed by atoms with Crippen LogP contribution in [-0.2, 0) is 28.0 Å². The monoisotopic (exact) mass is 426 g/mol. The molecule has 2 atom stereocenters. The maximum absolute atomic E-state index is 13.6. The zero-order valence-corrected chi connectivity index (χ0v) is 17.6. The van der Waals surface area contributed by atoms with Crippen molar-refractivity contribution in [3.63, 3.8) is 0 Å². The first-order valence-electron chi connectivity index (χ1n) is 10.6. The number of aryl methyl sites for hydroxylation is 1. The zero-order valence-electron chi connectivity index (χ0n) is 16.8. The van der Waals surface area contributed by atoms with Crippen molar-refractivity contribution >= 4 is 23.3 Å². The lowest BCUT2D eigenvalue weighted by atomic mass is 9.85. The van der Waals surface area contributed by atoms with Crippen LogP contribution in [0.1, 0.15) is 44.9 Å². The summed E-state index contributed by atoms with van der Waals surface area (Å²) in [6.07, 6.45) is 3.64. The smallest absolute Gasteiger partial charge is 0.345 e. The van der Waals surface area contributed by atoms with Crippen molar-refractivity contribution in [1.82, 2.24) is 10.2 Å². The summed E-state index contributed by atoms with van der Waals surface area (Å²) < 4.78 is 6.17. The fourth-order valence-corrected chi connectivity index (χ4v) is 5.97. The van der Waals surface area contributed by atoms with Crippen molar-refractivity contribution < 1.29 is 19.4 Å². The van der Waals surface area contributed by atoms with E-state index in [0.29, 0.717) is 23.8 Å². The van der Waals surface area contributed by atoms with Gasteiger partial charge in [-0.3, -0.25) is 10.2 Å². The molecule has 1 aromatic carbocycles. The Morgan fingerprint density at radius 3 is 2.70 bits per heavy atom. The second-order valence-corrected chi connectivity index (χ2v) is 9.74. The number of carboxylic acids is 1. The molecule has 2 N–H and O–H groups in total. The molecular weight excluding hydrogens is 400 g/mol. The molecule has 3 saturated heterocycles. The van der Waals surface area contributed by atoms with E-state index < -0.39 is 11.5 Å². The summed E-state index contributed by atoms with van der Waals surface area (Å²) in [6, 6.07) is 11.5. The average molecular weight is 427 g/mol. The maximum Gasteiger partial charge on any atom is 0.345 e. The summed E-state index contributed by atoms with van der Waals surface area (Å²) in [5.41, 5.74) is 1.29. The maximum atomic E-state index is 13.6. The first kappa shape index (κ1) is 19.7. The van der Waals surface area contributed by atoms with Gasteiger partial charge in [-0.25, -0.2) is 9.59 Å². The number of nitrogens with zero attached hydrogens (tertiary/aromatic N) is 1. The molecule has 6 nitrogen and oxygen atoms in total. The Kier molecular flexibility index (Phi) is 5.13. The van der Waals surface area contributed by atoms with Crippen molar-refractivity contribution in [2.24, 2.45) is 5.92 Å². The number of benzene rings is 1. The number of hydrogen-bond acceptors (Lipinski definition) is 6. The van der Waals surface area contributed by atoms with E-state index in [0.717, 1.165) is 49.3 Å². The van der Waals surface area contributed by atoms with Crippen LogP contribution in [0.25, 0.3) is 0 Å². The number of ether oxygens (including phenoxy) is 1. The summed E-state index contributed by atoms with van der Waals surface area (Å²) in [6.45, 7) is 3.48. The summed E-state index contributed by atoms with van der Waals surface area (Å²) in [4.78, 5) is 28.4. The van der Waals surface area contributed by atoms with Crippen LogP contribution >= 0.6 is 11.3 Å². The molecule has 4 heterocycles. The number of nitrogens with one attached hydrogen (secondary N) is 1. The van der Waals surface area contributed by atoms with Crippen LogP contribution in [0, 0.1) is 5.92 Å². The van der Waals surface area contributed by atoms with Crippen LogP contribution in [0.15, 0.2) is 36.4 Å². The molecule has 7 heteroatoms. The molecule has 0 spiro atoms. The molecule has 3 aliphatic heterocycles. The molecule has 1 aromatic heterocycles. The molecule has 1 aliphatic carbocycles. The Hall–Kier alpha value is -2.22. The molecule has 0 amide bonds. The highest BCUT2D eigenvalue weighted by atomic mass is 32.1. The minimum absolute atomic E-state index is 0.0354. The summed E-state index contributed by atoms with van der Waals surface area (Å²) >= 11 is 1.24. The van der Waals surface area contributed by atoms with Gasteiger partial charge in [-0.15, -0.1) is 11.3 Å². The number of carboxylic acid groups (broad SMARTS) is 1. The lowest BCUT2D eigenvalue weighted by Gasteiger charge is -2.45. The van der Waals surface area contributed by atoms with Crippen LogP contribution < -0.4 is 5.32 Å². The lowest BCUT2D eigenvalue weighted by molar-refractivity contribution is -0.167. The molecule has 30 heavy (non-hydrogen) atoms. The van der Waals surface area contributed by atoms with E-state index >= 15 is 0 Å². The first-order chi connectivity index (χ1) is 14.5. The normalized spacial score (nSPS) is 29.5. The summed E-state index contributed by atoms with van der Waals surface area (Å²) in [7, 11) is 0. The van der Waals surface area contributed by atoms with Crippen molar-refractivity contribution in [3.05, 3.63) is 57.3 Å². The van der Waals surface area contributed by atoms with E-state index in [2.05, 4.69) is 16.3 Å². The van der Waals surface area contributed by atoms with Gasteiger partial charge in [-0.1, -0.05) is 24.3 Å². The van der Waals surface area contributed by atoms with E-state index in [1.54, 1.807) is 6.07 Å². The molecule has 158 valence electrons. The van der Waals surface area contributed by atoms with E-state index in [1.165, 1.54) is 16.9 Å². The van der Waals surface area contributed by atoms with Gasteiger partial charge in [-0.05, 0) is 68.0 Å². The van der Waals surface area contributed by atoms with Gasteiger partial charge >= 0.3 is 11.9 Å². The number of carbonyl (C=O) groups excluding carboxylic acids is 1. The highest BCUT2D eigenvalue weighted by Gasteiger charge is 2.48. The van der Waals surface area contributed by atoms with E-state index in [1.807, 2.05) is 24.3 Å². The minimum Gasteiger partial charge on any atom is -0.477 e. The van der Waals surface area contributed by atoms with Gasteiger partial charge in [0.2, 0.25) is 0 Å². The predicted octanol–water partition coefficient (Wildman–Crippen LogP) is 3.02. The van der Waals surface area contributed by atoms with Gasteiger partial charge in [0, 0.05) is 18.0 Å². The number of esters is 1. The topological polar surface area (TPSA) is 78.9 Å². The number of piperidine rings is 3. The number of thiophene rings is 1. The average Bonchev–Trinajstić information content (AvgIpc) is 3.39. The van der Waals surface area contributed by atoms with Crippen LogP contribution in [0.3, 0.4) is 0 Å². The second kappa shape index (κ2) is 7.80. The van der Waals surface area contributed by atoms with Gasteiger partial charge in [0.25, 0.3) is 0 Å². The van der Waals surface area contributed by atoms with E-state index in [4.69, 9.17) is 4.74 Å². The Balaban J connectivity index is 1.39. The van der Waals surface area contributed by atoms with Gasteiger partial charge in [-0.2, -0.15) is 0 Å². The summed E-state index contributed by atoms with van der Waals surface area (Å²) in [5, 5.41) is 12.7. The van der Waals surface area contributed by atoms with Crippen LogP contribution in [0.2, 0.25) is 0 Å². The standard InChI is InChI=1S/C23H26N2O4S/c26-21(27)20-6-5-17(30-20)13-24-23(10-7-15-3-1-2-4-18(15)23)22(28)29-19-14-25-11-8-16(19)9-12-25/h1-6,16,19,24H,7-14H2,(H,26,27)/t19-,23?/m0/s1. The highest BCUT2D eigenvalue weighted by molar-refractivity contribution is 7.13. The largest absolute Gasteiger partial charge is 0.477 e. The predicted molar refractivity (Wildman–Crippen MR) is 114 cm³/mol. The zero-order chi connectivity index (χ0) is 20.7. The number of hydrogen-bond donors (Lipinski definition) is 2. The van der Waals surface area contributed by atoms with Gasteiger partial charge in [0.1, 0.15) is 16.5 Å². The van der Waals surface area contributed by atoms with Crippen molar-refractivity contribution in [2.45, 2.75) is 43.9 Å². The third kappa shape index (κ3) is 3.45. The molecule has 0 radical (unpaired) electrons. The number of rotatable bonds is 6. The Labute approximate surface area is 179 Å². The van der Waals surface area contributed by atoms with Crippen molar-refractivity contribution in [1.29, 1.82) is 0 Å². The summed E-state index contributed by atoms with van der Waals surface area (Å²) in [5.74, 6) is -0.654. The Morgan fingerprint density at radius 1 is 1.20 bits per heavy atom. The molecule has 6 rings (SSSR count). The molecule has 2 aromatic rings. The van der Waals surface area contributed by atoms with Gasteiger partial charge < -0.3 is 9.84 Å². The molecular formula is C23H26N2O4S. The minimum atomic E-state index is -0.922. The molecule has 1 unspecified atom stereocenters.